The number of anilines is 2. The topological polar surface area (TPSA) is 51.1 Å². The molecule has 3 aromatic rings. The van der Waals surface area contributed by atoms with E-state index in [-0.39, 0.29) is 6.73 Å². The van der Waals surface area contributed by atoms with Crippen LogP contribution in [0, 0.1) is 0 Å². The number of halogens is 3. The van der Waals surface area contributed by atoms with Crippen LogP contribution >= 0.6 is 47.0 Å². The Morgan fingerprint density at radius 2 is 1.85 bits per heavy atom. The summed E-state index contributed by atoms with van der Waals surface area (Å²) in [5.41, 5.74) is 1.45. The van der Waals surface area contributed by atoms with E-state index in [9.17, 15) is 0 Å². The molecule has 0 fully saturated rings. The SMILES string of the molecule is S=C(Nc1ccc(Cl)c(Cl)c1)Nc1cnn(COc2cccc(Cl)c2)c1. The van der Waals surface area contributed by atoms with Crippen molar-refractivity contribution in [2.45, 2.75) is 6.73 Å². The Hall–Kier alpha value is -1.99. The number of thiocarbonyl (C=S) groups is 1. The third-order valence-electron chi connectivity index (χ3n) is 3.23. The van der Waals surface area contributed by atoms with Gasteiger partial charge in [0, 0.05) is 10.7 Å². The van der Waals surface area contributed by atoms with Crippen molar-refractivity contribution < 1.29 is 4.74 Å². The van der Waals surface area contributed by atoms with Crippen LogP contribution in [0.5, 0.6) is 5.75 Å². The molecule has 0 spiro atoms. The van der Waals surface area contributed by atoms with Crippen LogP contribution in [0.4, 0.5) is 11.4 Å². The van der Waals surface area contributed by atoms with Crippen molar-refractivity contribution in [2.24, 2.45) is 0 Å². The van der Waals surface area contributed by atoms with Crippen molar-refractivity contribution >= 4 is 63.5 Å². The van der Waals surface area contributed by atoms with Crippen LogP contribution in [0.2, 0.25) is 15.1 Å². The minimum absolute atomic E-state index is 0.245. The molecule has 134 valence electrons. The monoisotopic (exact) mass is 426 g/mol. The molecule has 0 unspecified atom stereocenters. The second kappa shape index (κ2) is 8.60. The minimum Gasteiger partial charge on any atom is -0.471 e. The first-order valence-electron chi connectivity index (χ1n) is 7.43. The number of benzene rings is 2. The largest absolute Gasteiger partial charge is 0.471 e. The lowest BCUT2D eigenvalue weighted by molar-refractivity contribution is 0.221. The second-order valence-electron chi connectivity index (χ2n) is 5.21. The number of hydrogen-bond donors (Lipinski definition) is 2. The first kappa shape index (κ1) is 18.8. The predicted octanol–water partition coefficient (Wildman–Crippen LogP) is 5.69. The van der Waals surface area contributed by atoms with E-state index in [0.717, 1.165) is 11.4 Å². The third-order valence-corrected chi connectivity index (χ3v) is 4.41. The molecule has 0 saturated carbocycles. The quantitative estimate of drug-likeness (QED) is 0.512. The molecule has 2 N–H and O–H groups in total. The molecule has 1 aromatic heterocycles. The Kier molecular flexibility index (Phi) is 6.21. The maximum atomic E-state index is 5.98. The molecule has 0 aliphatic heterocycles. The Labute approximate surface area is 170 Å². The smallest absolute Gasteiger partial charge is 0.180 e. The fourth-order valence-corrected chi connectivity index (χ4v) is 2.78. The molecule has 0 amide bonds. The van der Waals surface area contributed by atoms with E-state index in [1.165, 1.54) is 0 Å². The lowest BCUT2D eigenvalue weighted by Gasteiger charge is -2.09. The summed E-state index contributed by atoms with van der Waals surface area (Å²) in [6.07, 6.45) is 3.41. The fraction of sp³-hybridized carbons (Fsp3) is 0.0588. The van der Waals surface area contributed by atoms with Gasteiger partial charge in [0.1, 0.15) is 5.75 Å². The number of nitrogens with one attached hydrogen (secondary N) is 2. The average Bonchev–Trinajstić information content (AvgIpc) is 3.04. The highest BCUT2D eigenvalue weighted by Crippen LogP contribution is 2.25. The Morgan fingerprint density at radius 1 is 1.04 bits per heavy atom. The van der Waals surface area contributed by atoms with E-state index in [0.29, 0.717) is 25.9 Å². The summed E-state index contributed by atoms with van der Waals surface area (Å²) in [4.78, 5) is 0. The number of ether oxygens (including phenoxy) is 1. The molecule has 0 bridgehead atoms. The van der Waals surface area contributed by atoms with Crippen LogP contribution in [-0.4, -0.2) is 14.9 Å². The van der Waals surface area contributed by atoms with Crippen LogP contribution in [-0.2, 0) is 6.73 Å². The normalized spacial score (nSPS) is 10.4. The Morgan fingerprint density at radius 3 is 2.62 bits per heavy atom. The molecule has 9 heteroatoms. The summed E-state index contributed by atoms with van der Waals surface area (Å²) in [6.45, 7) is 0.245. The first-order chi connectivity index (χ1) is 12.5. The van der Waals surface area contributed by atoms with Gasteiger partial charge in [-0.1, -0.05) is 40.9 Å². The highest BCUT2D eigenvalue weighted by Gasteiger charge is 2.05. The second-order valence-corrected chi connectivity index (χ2v) is 6.87. The molecular formula is C17H13Cl3N4OS. The lowest BCUT2D eigenvalue weighted by Crippen LogP contribution is -2.18. The van der Waals surface area contributed by atoms with Gasteiger partial charge in [-0.05, 0) is 48.6 Å². The van der Waals surface area contributed by atoms with Gasteiger partial charge in [0.25, 0.3) is 0 Å². The fourth-order valence-electron chi connectivity index (χ4n) is 2.06. The maximum Gasteiger partial charge on any atom is 0.180 e. The van der Waals surface area contributed by atoms with Gasteiger partial charge < -0.3 is 15.4 Å². The van der Waals surface area contributed by atoms with Crippen LogP contribution in [0.3, 0.4) is 0 Å². The van der Waals surface area contributed by atoms with Gasteiger partial charge in [0.05, 0.1) is 28.1 Å². The summed E-state index contributed by atoms with van der Waals surface area (Å²) in [5, 5.41) is 12.2. The molecule has 3 rings (SSSR count). The van der Waals surface area contributed by atoms with Gasteiger partial charge in [0.15, 0.2) is 11.8 Å². The zero-order chi connectivity index (χ0) is 18.5. The Bertz CT molecular complexity index is 932. The number of rotatable bonds is 5. The molecule has 26 heavy (non-hydrogen) atoms. The van der Waals surface area contributed by atoms with Crippen molar-refractivity contribution in [3.05, 3.63) is 69.9 Å². The van der Waals surface area contributed by atoms with Gasteiger partial charge in [-0.2, -0.15) is 5.10 Å². The van der Waals surface area contributed by atoms with E-state index < -0.39 is 0 Å². The zero-order valence-corrected chi connectivity index (χ0v) is 16.3. The maximum absolute atomic E-state index is 5.98. The van der Waals surface area contributed by atoms with Crippen LogP contribution < -0.4 is 15.4 Å². The number of hydrogen-bond acceptors (Lipinski definition) is 3. The van der Waals surface area contributed by atoms with Gasteiger partial charge in [-0.25, -0.2) is 4.68 Å². The van der Waals surface area contributed by atoms with E-state index in [1.54, 1.807) is 47.4 Å². The van der Waals surface area contributed by atoms with Crippen molar-refractivity contribution in [3.63, 3.8) is 0 Å². The molecule has 0 atom stereocenters. The molecule has 0 aliphatic rings. The summed E-state index contributed by atoms with van der Waals surface area (Å²) in [6, 6.07) is 12.3. The van der Waals surface area contributed by atoms with Crippen molar-refractivity contribution in [1.82, 2.24) is 9.78 Å². The van der Waals surface area contributed by atoms with Gasteiger partial charge in [-0.3, -0.25) is 0 Å². The average molecular weight is 428 g/mol. The van der Waals surface area contributed by atoms with Crippen molar-refractivity contribution in [3.8, 4) is 5.75 Å². The first-order valence-corrected chi connectivity index (χ1v) is 8.98. The molecular weight excluding hydrogens is 415 g/mol. The van der Waals surface area contributed by atoms with Gasteiger partial charge in [0.2, 0.25) is 0 Å². The van der Waals surface area contributed by atoms with E-state index in [1.807, 2.05) is 12.1 Å². The summed E-state index contributed by atoms with van der Waals surface area (Å²) in [7, 11) is 0. The van der Waals surface area contributed by atoms with Crippen LogP contribution in [0.15, 0.2) is 54.9 Å². The lowest BCUT2D eigenvalue weighted by atomic mass is 10.3. The number of nitrogens with zero attached hydrogens (tertiary/aromatic N) is 2. The predicted molar refractivity (Wildman–Crippen MR) is 111 cm³/mol. The highest BCUT2D eigenvalue weighted by atomic mass is 35.5. The summed E-state index contributed by atoms with van der Waals surface area (Å²) >= 11 is 23.1. The molecule has 1 heterocycles. The van der Waals surface area contributed by atoms with Crippen LogP contribution in [0.25, 0.3) is 0 Å². The van der Waals surface area contributed by atoms with E-state index in [4.69, 9.17) is 51.8 Å². The van der Waals surface area contributed by atoms with Crippen molar-refractivity contribution in [1.29, 1.82) is 0 Å². The number of aromatic nitrogens is 2. The Balaban J connectivity index is 1.54. The summed E-state index contributed by atoms with van der Waals surface area (Å²) < 4.78 is 7.25. The zero-order valence-electron chi connectivity index (χ0n) is 13.2. The molecule has 5 nitrogen and oxygen atoms in total. The molecule has 0 radical (unpaired) electrons. The van der Waals surface area contributed by atoms with Gasteiger partial charge in [-0.15, -0.1) is 0 Å². The molecule has 2 aromatic carbocycles. The van der Waals surface area contributed by atoms with Gasteiger partial charge >= 0.3 is 0 Å². The summed E-state index contributed by atoms with van der Waals surface area (Å²) in [5.74, 6) is 0.666. The molecule has 0 aliphatic carbocycles. The minimum atomic E-state index is 0.245. The van der Waals surface area contributed by atoms with E-state index >= 15 is 0 Å². The molecule has 0 saturated heterocycles. The van der Waals surface area contributed by atoms with Crippen LogP contribution in [0.1, 0.15) is 0 Å². The third kappa shape index (κ3) is 5.25. The van der Waals surface area contributed by atoms with E-state index in [2.05, 4.69) is 15.7 Å². The highest BCUT2D eigenvalue weighted by molar-refractivity contribution is 7.80. The van der Waals surface area contributed by atoms with Crippen molar-refractivity contribution in [2.75, 3.05) is 10.6 Å². The standard InChI is InChI=1S/C17H13Cl3N4OS/c18-11-2-1-3-14(6-11)25-10-24-9-13(8-21-24)23-17(26)22-12-4-5-15(19)16(20)7-12/h1-9H,10H2,(H2,22,23,26).